The van der Waals surface area contributed by atoms with Crippen molar-refractivity contribution >= 4 is 11.5 Å². The first kappa shape index (κ1) is 13.7. The second-order valence-corrected chi connectivity index (χ2v) is 3.98. The van der Waals surface area contributed by atoms with E-state index in [1.54, 1.807) is 0 Å². The molecule has 2 rings (SSSR count). The van der Waals surface area contributed by atoms with Crippen LogP contribution in [0.1, 0.15) is 15.9 Å². The minimum absolute atomic E-state index is 0.0707. The molecule has 0 bridgehead atoms. The lowest BCUT2D eigenvalue weighted by Gasteiger charge is -2.07. The Morgan fingerprint density at radius 3 is 2.40 bits per heavy atom. The molecule has 0 saturated heterocycles. The Morgan fingerprint density at radius 2 is 1.85 bits per heavy atom. The summed E-state index contributed by atoms with van der Waals surface area (Å²) in [5.41, 5.74) is 0.175. The second-order valence-electron chi connectivity index (χ2n) is 3.98. The molecule has 0 aliphatic carbocycles. The van der Waals surface area contributed by atoms with Crippen LogP contribution in [0.25, 0.3) is 0 Å². The van der Waals surface area contributed by atoms with Gasteiger partial charge in [0.05, 0.1) is 17.6 Å². The lowest BCUT2D eigenvalue weighted by molar-refractivity contribution is -0.384. The minimum atomic E-state index is -0.559. The fourth-order valence-electron chi connectivity index (χ4n) is 1.75. The highest BCUT2D eigenvalue weighted by Gasteiger charge is 2.16. The molecule has 0 atom stereocenters. The molecule has 6 heteroatoms. The fourth-order valence-corrected chi connectivity index (χ4v) is 1.75. The van der Waals surface area contributed by atoms with E-state index in [0.29, 0.717) is 0 Å². The number of nitro benzene ring substituents is 1. The van der Waals surface area contributed by atoms with Gasteiger partial charge in [0.2, 0.25) is 0 Å². The molecule has 0 N–H and O–H groups in total. The van der Waals surface area contributed by atoms with Crippen molar-refractivity contribution in [1.29, 1.82) is 0 Å². The molecule has 0 aromatic heterocycles. The molecule has 2 aromatic carbocycles. The van der Waals surface area contributed by atoms with Gasteiger partial charge in [0.15, 0.2) is 5.78 Å². The minimum Gasteiger partial charge on any atom is -0.496 e. The van der Waals surface area contributed by atoms with Crippen LogP contribution >= 0.6 is 0 Å². The third-order valence-electron chi connectivity index (χ3n) is 2.75. The zero-order chi connectivity index (χ0) is 14.7. The van der Waals surface area contributed by atoms with Crippen molar-refractivity contribution in [2.45, 2.75) is 0 Å². The van der Waals surface area contributed by atoms with Gasteiger partial charge in [-0.3, -0.25) is 14.9 Å². The number of methoxy groups -OCH3 is 1. The summed E-state index contributed by atoms with van der Waals surface area (Å²) in [4.78, 5) is 22.2. The monoisotopic (exact) mass is 275 g/mol. The van der Waals surface area contributed by atoms with E-state index >= 15 is 0 Å². The van der Waals surface area contributed by atoms with E-state index in [4.69, 9.17) is 4.74 Å². The molecular formula is C14H10FNO4. The van der Waals surface area contributed by atoms with Gasteiger partial charge in [0, 0.05) is 17.7 Å². The molecular weight excluding hydrogens is 265 g/mol. The Balaban J connectivity index is 2.40. The molecule has 0 amide bonds. The van der Waals surface area contributed by atoms with Crippen molar-refractivity contribution in [3.8, 4) is 5.75 Å². The van der Waals surface area contributed by atoms with Crippen molar-refractivity contribution in [3.63, 3.8) is 0 Å². The van der Waals surface area contributed by atoms with Gasteiger partial charge in [-0.2, -0.15) is 0 Å². The molecule has 0 heterocycles. The van der Waals surface area contributed by atoms with Crippen molar-refractivity contribution in [1.82, 2.24) is 0 Å². The zero-order valence-electron chi connectivity index (χ0n) is 10.5. The number of hydrogen-bond acceptors (Lipinski definition) is 4. The van der Waals surface area contributed by atoms with Gasteiger partial charge in [-0.15, -0.1) is 0 Å². The fraction of sp³-hybridized carbons (Fsp3) is 0.0714. The summed E-state index contributed by atoms with van der Waals surface area (Å²) in [6.07, 6.45) is 0. The predicted molar refractivity (Wildman–Crippen MR) is 69.5 cm³/mol. The smallest absolute Gasteiger partial charge is 0.269 e. The number of nitrogens with zero attached hydrogens (tertiary/aromatic N) is 1. The number of benzene rings is 2. The van der Waals surface area contributed by atoms with Crippen LogP contribution < -0.4 is 4.74 Å². The van der Waals surface area contributed by atoms with Crippen LogP contribution in [0.2, 0.25) is 0 Å². The summed E-state index contributed by atoms with van der Waals surface area (Å²) in [6.45, 7) is 0. The molecule has 2 aromatic rings. The van der Waals surface area contributed by atoms with Crippen molar-refractivity contribution < 1.29 is 18.8 Å². The third-order valence-corrected chi connectivity index (χ3v) is 2.75. The molecule has 0 fully saturated rings. The van der Waals surface area contributed by atoms with Gasteiger partial charge in [-0.1, -0.05) is 0 Å². The largest absolute Gasteiger partial charge is 0.496 e. The zero-order valence-corrected chi connectivity index (χ0v) is 10.5. The SMILES string of the molecule is COc1ccc(F)cc1C(=O)c1ccc([N+](=O)[O-])cc1. The van der Waals surface area contributed by atoms with Gasteiger partial charge in [0.25, 0.3) is 5.69 Å². The second kappa shape index (κ2) is 5.48. The van der Waals surface area contributed by atoms with Crippen LogP contribution in [-0.4, -0.2) is 17.8 Å². The van der Waals surface area contributed by atoms with Crippen LogP contribution in [0, 0.1) is 15.9 Å². The molecule has 20 heavy (non-hydrogen) atoms. The standard InChI is InChI=1S/C14H10FNO4/c1-20-13-7-4-10(15)8-12(13)14(17)9-2-5-11(6-3-9)16(18)19/h2-8H,1H3. The first-order valence-corrected chi connectivity index (χ1v) is 5.65. The Morgan fingerprint density at radius 1 is 1.20 bits per heavy atom. The Labute approximate surface area is 113 Å². The number of ketones is 1. The maximum atomic E-state index is 13.2. The van der Waals surface area contributed by atoms with E-state index in [0.717, 1.165) is 6.07 Å². The average Bonchev–Trinajstić information content (AvgIpc) is 2.46. The number of hydrogen-bond donors (Lipinski definition) is 0. The topological polar surface area (TPSA) is 69.4 Å². The lowest BCUT2D eigenvalue weighted by atomic mass is 10.0. The number of nitro groups is 1. The van der Waals surface area contributed by atoms with E-state index in [1.165, 1.54) is 43.5 Å². The highest BCUT2D eigenvalue weighted by atomic mass is 19.1. The summed E-state index contributed by atoms with van der Waals surface area (Å²) in [7, 11) is 1.37. The number of rotatable bonds is 4. The van der Waals surface area contributed by atoms with E-state index < -0.39 is 16.5 Å². The molecule has 0 aliphatic rings. The third kappa shape index (κ3) is 2.64. The van der Waals surface area contributed by atoms with E-state index in [2.05, 4.69) is 0 Å². The van der Waals surface area contributed by atoms with Crippen LogP contribution in [0.15, 0.2) is 42.5 Å². The summed E-state index contributed by atoms with van der Waals surface area (Å²) in [5.74, 6) is -0.776. The highest BCUT2D eigenvalue weighted by Crippen LogP contribution is 2.23. The van der Waals surface area contributed by atoms with Crippen molar-refractivity contribution in [3.05, 3.63) is 69.5 Å². The maximum Gasteiger partial charge on any atom is 0.269 e. The van der Waals surface area contributed by atoms with Gasteiger partial charge in [-0.25, -0.2) is 4.39 Å². The Kier molecular flexibility index (Phi) is 3.74. The molecule has 0 saturated carbocycles. The molecule has 5 nitrogen and oxygen atoms in total. The number of carbonyl (C=O) groups is 1. The summed E-state index contributed by atoms with van der Waals surface area (Å²) in [6, 6.07) is 8.70. The number of non-ortho nitro benzene ring substituents is 1. The van der Waals surface area contributed by atoms with Crippen LogP contribution in [0.5, 0.6) is 5.75 Å². The number of carbonyl (C=O) groups excluding carboxylic acids is 1. The van der Waals surface area contributed by atoms with Crippen molar-refractivity contribution in [2.24, 2.45) is 0 Å². The lowest BCUT2D eigenvalue weighted by Crippen LogP contribution is -2.04. The van der Waals surface area contributed by atoms with Gasteiger partial charge in [0.1, 0.15) is 11.6 Å². The molecule has 0 radical (unpaired) electrons. The van der Waals surface area contributed by atoms with Gasteiger partial charge < -0.3 is 4.74 Å². The molecule has 0 aliphatic heterocycles. The summed E-state index contributed by atoms with van der Waals surface area (Å²) >= 11 is 0. The Bertz CT molecular complexity index is 667. The number of ether oxygens (including phenoxy) is 1. The van der Waals surface area contributed by atoms with Crippen LogP contribution in [0.4, 0.5) is 10.1 Å². The molecule has 102 valence electrons. The van der Waals surface area contributed by atoms with Crippen LogP contribution in [0.3, 0.4) is 0 Å². The first-order valence-electron chi connectivity index (χ1n) is 5.65. The quantitative estimate of drug-likeness (QED) is 0.488. The maximum absolute atomic E-state index is 13.2. The normalized spacial score (nSPS) is 10.1. The number of halogens is 1. The van der Waals surface area contributed by atoms with E-state index in [1.807, 2.05) is 0 Å². The molecule has 0 unspecified atom stereocenters. The first-order chi connectivity index (χ1) is 9.52. The average molecular weight is 275 g/mol. The summed E-state index contributed by atoms with van der Waals surface area (Å²) < 4.78 is 18.2. The van der Waals surface area contributed by atoms with E-state index in [-0.39, 0.29) is 22.6 Å². The Hall–Kier alpha value is -2.76. The van der Waals surface area contributed by atoms with Crippen LogP contribution in [-0.2, 0) is 0 Å². The highest BCUT2D eigenvalue weighted by molar-refractivity contribution is 6.10. The van der Waals surface area contributed by atoms with Gasteiger partial charge in [-0.05, 0) is 30.3 Å². The van der Waals surface area contributed by atoms with Crippen molar-refractivity contribution in [2.75, 3.05) is 7.11 Å². The predicted octanol–water partition coefficient (Wildman–Crippen LogP) is 2.97. The van der Waals surface area contributed by atoms with E-state index in [9.17, 15) is 19.3 Å². The summed E-state index contributed by atoms with van der Waals surface area (Å²) in [5, 5.41) is 10.5. The molecule has 0 spiro atoms. The van der Waals surface area contributed by atoms with Gasteiger partial charge >= 0.3 is 0 Å².